The molecule has 8 heteroatoms. The van der Waals surface area contributed by atoms with Crippen LogP contribution in [0.3, 0.4) is 0 Å². The smallest absolute Gasteiger partial charge is 0.417 e. The molecule has 1 heterocycles. The molecule has 0 aromatic heterocycles. The number of benzene rings is 3. The van der Waals surface area contributed by atoms with Gasteiger partial charge in [-0.15, -0.1) is 0 Å². The molecule has 1 saturated heterocycles. The van der Waals surface area contributed by atoms with Crippen molar-refractivity contribution >= 4 is 35.2 Å². The Morgan fingerprint density at radius 3 is 2.51 bits per heavy atom. The van der Waals surface area contributed by atoms with Gasteiger partial charge in [0.15, 0.2) is 0 Å². The molecule has 194 valence electrons. The third-order valence-corrected chi connectivity index (χ3v) is 6.54. The Morgan fingerprint density at radius 2 is 1.78 bits per heavy atom. The summed E-state index contributed by atoms with van der Waals surface area (Å²) >= 11 is 12.2. The van der Waals surface area contributed by atoms with Gasteiger partial charge < -0.3 is 14.2 Å². The van der Waals surface area contributed by atoms with Gasteiger partial charge in [-0.1, -0.05) is 71.7 Å². The first-order valence-corrected chi connectivity index (χ1v) is 12.9. The molecule has 0 unspecified atom stereocenters. The molecule has 4 rings (SSSR count). The minimum Gasteiger partial charge on any atom is -0.489 e. The Hall–Kier alpha value is -3.06. The fraction of sp³-hybridized carbons (Fsp3) is 0.310. The Kier molecular flexibility index (Phi) is 9.09. The third kappa shape index (κ3) is 7.25. The van der Waals surface area contributed by atoms with Crippen molar-refractivity contribution in [1.82, 2.24) is 4.90 Å². The van der Waals surface area contributed by atoms with Crippen LogP contribution >= 0.6 is 23.2 Å². The molecule has 3 aromatic carbocycles. The zero-order valence-corrected chi connectivity index (χ0v) is 22.2. The van der Waals surface area contributed by atoms with Crippen LogP contribution in [0.5, 0.6) is 5.75 Å². The van der Waals surface area contributed by atoms with Gasteiger partial charge in [-0.3, -0.25) is 4.79 Å². The minimum absolute atomic E-state index is 0.157. The molecule has 1 aliphatic heterocycles. The normalized spacial score (nSPS) is 16.1. The van der Waals surface area contributed by atoms with E-state index in [4.69, 9.17) is 37.4 Å². The lowest BCUT2D eigenvalue weighted by atomic mass is 10.0. The number of nitrogens with zero attached hydrogens (tertiary/aromatic N) is 1. The molecule has 3 aromatic rings. The van der Waals surface area contributed by atoms with Crippen LogP contribution < -0.4 is 4.74 Å². The van der Waals surface area contributed by atoms with E-state index in [1.165, 1.54) is 4.90 Å². The molecule has 1 aliphatic rings. The monoisotopic (exact) mass is 541 g/mol. The quantitative estimate of drug-likeness (QED) is 0.293. The summed E-state index contributed by atoms with van der Waals surface area (Å²) in [5.74, 6) is 0.221. The number of cyclic esters (lactones) is 1. The van der Waals surface area contributed by atoms with Crippen molar-refractivity contribution < 1.29 is 23.8 Å². The van der Waals surface area contributed by atoms with Crippen LogP contribution in [0.4, 0.5) is 4.79 Å². The predicted molar refractivity (Wildman–Crippen MR) is 143 cm³/mol. The molecule has 1 fully saturated rings. The van der Waals surface area contributed by atoms with Crippen LogP contribution in [-0.4, -0.2) is 41.8 Å². The zero-order valence-electron chi connectivity index (χ0n) is 20.7. The van der Waals surface area contributed by atoms with E-state index in [0.29, 0.717) is 22.2 Å². The van der Waals surface area contributed by atoms with E-state index in [1.807, 2.05) is 74.5 Å². The second-order valence-electron chi connectivity index (χ2n) is 9.18. The van der Waals surface area contributed by atoms with Crippen molar-refractivity contribution in [1.29, 1.82) is 0 Å². The maximum absolute atomic E-state index is 13.6. The molecule has 0 spiro atoms. The Bertz CT molecular complexity index is 1230. The Balaban J connectivity index is 1.47. The molecule has 2 amide bonds. The highest BCUT2D eigenvalue weighted by atomic mass is 35.5. The van der Waals surface area contributed by atoms with Gasteiger partial charge in [-0.05, 0) is 55.7 Å². The Labute approximate surface area is 227 Å². The van der Waals surface area contributed by atoms with Crippen molar-refractivity contribution in [2.24, 2.45) is 0 Å². The van der Waals surface area contributed by atoms with Crippen molar-refractivity contribution in [3.05, 3.63) is 99.5 Å². The van der Waals surface area contributed by atoms with E-state index in [2.05, 4.69) is 0 Å². The lowest BCUT2D eigenvalue weighted by Crippen LogP contribution is -2.47. The van der Waals surface area contributed by atoms with Crippen molar-refractivity contribution in [2.75, 3.05) is 6.61 Å². The summed E-state index contributed by atoms with van der Waals surface area (Å²) in [6.07, 6.45) is -0.919. The molecule has 0 radical (unpaired) electrons. The predicted octanol–water partition coefficient (Wildman–Crippen LogP) is 6.50. The zero-order chi connectivity index (χ0) is 26.4. The number of carbonyl (C=O) groups excluding carboxylic acids is 2. The van der Waals surface area contributed by atoms with Gasteiger partial charge in [0.25, 0.3) is 5.91 Å². The molecule has 0 aliphatic carbocycles. The molecule has 0 saturated carbocycles. The largest absolute Gasteiger partial charge is 0.489 e. The van der Waals surface area contributed by atoms with Crippen LogP contribution in [-0.2, 0) is 33.7 Å². The summed E-state index contributed by atoms with van der Waals surface area (Å²) in [7, 11) is 0. The lowest BCUT2D eigenvalue weighted by molar-refractivity contribution is -0.144. The van der Waals surface area contributed by atoms with Gasteiger partial charge >= 0.3 is 6.09 Å². The first-order valence-electron chi connectivity index (χ1n) is 12.1. The van der Waals surface area contributed by atoms with Crippen molar-refractivity contribution in [3.8, 4) is 5.75 Å². The van der Waals surface area contributed by atoms with Crippen LogP contribution in [0.2, 0.25) is 10.0 Å². The standard InChI is InChI=1S/C29H29Cl2NO5/c1-19(2)37-27(28(33)32-24(18-36-29(32)34)13-20-7-4-3-5-8-20)15-21-9-6-10-25(14-21)35-17-22-11-12-23(30)16-26(22)31/h3-12,14,16,19,24,27H,13,15,17-18H2,1-2H3/t24-,27-/m0/s1. The number of hydrogen-bond acceptors (Lipinski definition) is 5. The SMILES string of the molecule is CC(C)O[C@@H](Cc1cccc(OCc2ccc(Cl)cc2Cl)c1)C(=O)N1C(=O)OC[C@@H]1Cc1ccccc1. The van der Waals surface area contributed by atoms with E-state index >= 15 is 0 Å². The topological polar surface area (TPSA) is 65.1 Å². The average molecular weight is 542 g/mol. The van der Waals surface area contributed by atoms with Crippen LogP contribution in [0.1, 0.15) is 30.5 Å². The Morgan fingerprint density at radius 1 is 1.03 bits per heavy atom. The summed E-state index contributed by atoms with van der Waals surface area (Å²) in [5, 5.41) is 1.09. The first-order chi connectivity index (χ1) is 17.8. The summed E-state index contributed by atoms with van der Waals surface area (Å²) in [5.41, 5.74) is 2.67. The number of amides is 2. The second kappa shape index (κ2) is 12.5. The summed E-state index contributed by atoms with van der Waals surface area (Å²) < 4.78 is 17.2. The third-order valence-electron chi connectivity index (χ3n) is 5.95. The van der Waals surface area contributed by atoms with Gasteiger partial charge in [0, 0.05) is 22.0 Å². The number of rotatable bonds is 10. The van der Waals surface area contributed by atoms with Crippen LogP contribution in [0.25, 0.3) is 0 Å². The molecule has 0 bridgehead atoms. The van der Waals surface area contributed by atoms with Gasteiger partial charge in [0.05, 0.1) is 12.1 Å². The highest BCUT2D eigenvalue weighted by Crippen LogP contribution is 2.25. The van der Waals surface area contributed by atoms with Gasteiger partial charge in [0.1, 0.15) is 25.1 Å². The van der Waals surface area contributed by atoms with Crippen molar-refractivity contribution in [3.63, 3.8) is 0 Å². The maximum Gasteiger partial charge on any atom is 0.417 e. The van der Waals surface area contributed by atoms with Gasteiger partial charge in [-0.2, -0.15) is 0 Å². The molecule has 0 N–H and O–H groups in total. The van der Waals surface area contributed by atoms with Crippen LogP contribution in [0.15, 0.2) is 72.8 Å². The summed E-state index contributed by atoms with van der Waals surface area (Å²) in [6.45, 7) is 4.15. The molecule has 6 nitrogen and oxygen atoms in total. The summed E-state index contributed by atoms with van der Waals surface area (Å²) in [6, 6.07) is 22.0. The molecular weight excluding hydrogens is 513 g/mol. The lowest BCUT2D eigenvalue weighted by Gasteiger charge is -2.26. The highest BCUT2D eigenvalue weighted by Gasteiger charge is 2.41. The number of carbonyl (C=O) groups is 2. The van der Waals surface area contributed by atoms with Gasteiger partial charge in [0.2, 0.25) is 0 Å². The van der Waals surface area contributed by atoms with E-state index in [1.54, 1.807) is 12.1 Å². The average Bonchev–Trinajstić information content (AvgIpc) is 3.23. The number of hydrogen-bond donors (Lipinski definition) is 0. The maximum atomic E-state index is 13.6. The first kappa shape index (κ1) is 27.0. The fourth-order valence-corrected chi connectivity index (χ4v) is 4.68. The van der Waals surface area contributed by atoms with Gasteiger partial charge in [-0.25, -0.2) is 9.69 Å². The van der Waals surface area contributed by atoms with E-state index in [-0.39, 0.29) is 31.8 Å². The van der Waals surface area contributed by atoms with E-state index < -0.39 is 18.1 Å². The second-order valence-corrected chi connectivity index (χ2v) is 10.0. The number of ether oxygens (including phenoxy) is 3. The molecule has 2 atom stereocenters. The minimum atomic E-state index is -0.857. The van der Waals surface area contributed by atoms with E-state index in [9.17, 15) is 9.59 Å². The van der Waals surface area contributed by atoms with E-state index in [0.717, 1.165) is 16.7 Å². The molecule has 37 heavy (non-hydrogen) atoms. The van der Waals surface area contributed by atoms with Crippen molar-refractivity contribution in [2.45, 2.75) is 51.5 Å². The number of halogens is 2. The fourth-order valence-electron chi connectivity index (χ4n) is 4.22. The number of imide groups is 1. The summed E-state index contributed by atoms with van der Waals surface area (Å²) in [4.78, 5) is 27.4. The van der Waals surface area contributed by atoms with Crippen LogP contribution in [0, 0.1) is 0 Å². The highest BCUT2D eigenvalue weighted by molar-refractivity contribution is 6.35. The molecular formula is C29H29Cl2NO5.